The molecule has 0 unspecified atom stereocenters. The van der Waals surface area contributed by atoms with Crippen LogP contribution in [0, 0.1) is 11.6 Å². The van der Waals surface area contributed by atoms with E-state index in [0.29, 0.717) is 12.5 Å². The highest BCUT2D eigenvalue weighted by Crippen LogP contribution is 2.40. The van der Waals surface area contributed by atoms with Crippen molar-refractivity contribution >= 4 is 28.6 Å². The molecule has 1 fully saturated rings. The van der Waals surface area contributed by atoms with Crippen LogP contribution in [-0.4, -0.2) is 47.4 Å². The summed E-state index contributed by atoms with van der Waals surface area (Å²) in [6.45, 7) is 7.51. The number of carbonyl (C=O) groups is 1. The van der Waals surface area contributed by atoms with Crippen molar-refractivity contribution in [1.29, 1.82) is 0 Å². The van der Waals surface area contributed by atoms with Crippen molar-refractivity contribution in [2.24, 2.45) is 0 Å². The summed E-state index contributed by atoms with van der Waals surface area (Å²) in [4.78, 5) is 15.6. The Morgan fingerprint density at radius 2 is 1.66 bits per heavy atom. The van der Waals surface area contributed by atoms with E-state index in [1.54, 1.807) is 23.9 Å². The summed E-state index contributed by atoms with van der Waals surface area (Å²) in [5.74, 6) is 0.775. The first-order valence-electron chi connectivity index (χ1n) is 14.6. The lowest BCUT2D eigenvalue weighted by Crippen LogP contribution is -2.34. The van der Waals surface area contributed by atoms with Crippen LogP contribution >= 0.6 is 11.8 Å². The highest BCUT2D eigenvalue weighted by molar-refractivity contribution is 7.99. The maximum Gasteiger partial charge on any atom is 0.310 e. The van der Waals surface area contributed by atoms with Crippen LogP contribution in [0.1, 0.15) is 55.8 Å². The molecule has 0 spiro atoms. The van der Waals surface area contributed by atoms with Crippen molar-refractivity contribution in [3.63, 3.8) is 0 Å². The number of hydrogen-bond donors (Lipinski definition) is 0. The maximum atomic E-state index is 14.5. The normalized spacial score (nSPS) is 14.5. The minimum absolute atomic E-state index is 0.194. The number of carbonyl (C=O) groups excluding carboxylic acids is 1. The molecule has 0 saturated carbocycles. The first-order valence-corrected chi connectivity index (χ1v) is 15.6. The maximum absolute atomic E-state index is 14.5. The molecule has 0 N–H and O–H groups in total. The number of halogens is 2. The quantitative estimate of drug-likeness (QED) is 0.103. The molecule has 7 heteroatoms. The van der Waals surface area contributed by atoms with Crippen LogP contribution in [0.2, 0.25) is 0 Å². The zero-order chi connectivity index (χ0) is 28.8. The van der Waals surface area contributed by atoms with Crippen LogP contribution < -0.4 is 0 Å². The fourth-order valence-corrected chi connectivity index (χ4v) is 6.87. The summed E-state index contributed by atoms with van der Waals surface area (Å²) in [5, 5.41) is 1.13. The SMILES string of the molecule is CCOC(=O)Cc1ccc(-n2c(CC)c(C3CCN(CCCSc4ccc(F)cc4)CC3)c3ccc(F)cc32)cc1. The molecule has 0 aliphatic carbocycles. The smallest absolute Gasteiger partial charge is 0.310 e. The topological polar surface area (TPSA) is 34.5 Å². The molecule has 0 bridgehead atoms. The Kier molecular flexibility index (Phi) is 9.78. The molecule has 0 amide bonds. The molecule has 2 heterocycles. The van der Waals surface area contributed by atoms with E-state index in [2.05, 4.69) is 16.4 Å². The predicted octanol–water partition coefficient (Wildman–Crippen LogP) is 7.94. The lowest BCUT2D eigenvalue weighted by Gasteiger charge is -2.32. The van der Waals surface area contributed by atoms with Gasteiger partial charge in [0.25, 0.3) is 0 Å². The molecule has 1 aliphatic rings. The van der Waals surface area contributed by atoms with Crippen LogP contribution in [0.15, 0.2) is 71.6 Å². The van der Waals surface area contributed by atoms with Gasteiger partial charge in [0.15, 0.2) is 0 Å². The van der Waals surface area contributed by atoms with E-state index in [1.165, 1.54) is 23.4 Å². The first-order chi connectivity index (χ1) is 20.0. The number of fused-ring (bicyclic) bond motifs is 1. The van der Waals surface area contributed by atoms with Crippen molar-refractivity contribution in [2.45, 2.75) is 56.8 Å². The second-order valence-corrected chi connectivity index (χ2v) is 11.8. The molecule has 4 nitrogen and oxygen atoms in total. The number of ether oxygens (including phenoxy) is 1. The summed E-state index contributed by atoms with van der Waals surface area (Å²) in [6.07, 6.45) is 4.33. The Morgan fingerprint density at radius 3 is 2.34 bits per heavy atom. The van der Waals surface area contributed by atoms with Crippen LogP contribution in [0.5, 0.6) is 0 Å². The molecule has 216 valence electrons. The first kappa shape index (κ1) is 29.3. The van der Waals surface area contributed by atoms with Crippen LogP contribution in [0.3, 0.4) is 0 Å². The number of nitrogens with zero attached hydrogens (tertiary/aromatic N) is 2. The standard InChI is InChI=1S/C34H38F2N2O2S/c1-3-31-34(25-16-19-37(20-17-25)18-5-21-41-29-13-8-26(35)9-14-29)30-15-10-27(36)23-32(30)38(31)28-11-6-24(7-12-28)22-33(39)40-4-2/h6-15,23,25H,3-5,16-22H2,1-2H3. The summed E-state index contributed by atoms with van der Waals surface area (Å²) >= 11 is 1.78. The molecule has 1 saturated heterocycles. The van der Waals surface area contributed by atoms with E-state index in [1.807, 2.05) is 49.4 Å². The van der Waals surface area contributed by atoms with Gasteiger partial charge in [0.05, 0.1) is 18.5 Å². The molecule has 3 aromatic carbocycles. The highest BCUT2D eigenvalue weighted by atomic mass is 32.2. The largest absolute Gasteiger partial charge is 0.466 e. The van der Waals surface area contributed by atoms with E-state index in [0.717, 1.165) is 78.1 Å². The molecule has 5 rings (SSSR count). The van der Waals surface area contributed by atoms with Crippen LogP contribution in [0.25, 0.3) is 16.6 Å². The molecule has 0 atom stereocenters. The van der Waals surface area contributed by atoms with Gasteiger partial charge in [-0.3, -0.25) is 4.79 Å². The van der Waals surface area contributed by atoms with Gasteiger partial charge in [-0.2, -0.15) is 0 Å². The van der Waals surface area contributed by atoms with E-state index < -0.39 is 0 Å². The number of piperidine rings is 1. The van der Waals surface area contributed by atoms with Gasteiger partial charge in [-0.1, -0.05) is 19.1 Å². The lowest BCUT2D eigenvalue weighted by atomic mass is 9.87. The van der Waals surface area contributed by atoms with Gasteiger partial charge in [-0.05, 0) is 130 Å². The monoisotopic (exact) mass is 576 g/mol. The van der Waals surface area contributed by atoms with Gasteiger partial charge in [-0.15, -0.1) is 11.8 Å². The molecular weight excluding hydrogens is 538 g/mol. The average molecular weight is 577 g/mol. The summed E-state index contributed by atoms with van der Waals surface area (Å²) in [5.41, 5.74) is 5.36. The molecule has 41 heavy (non-hydrogen) atoms. The second kappa shape index (κ2) is 13.7. The third kappa shape index (κ3) is 7.02. The minimum Gasteiger partial charge on any atom is -0.466 e. The molecule has 0 radical (unpaired) electrons. The number of thioether (sulfide) groups is 1. The fourth-order valence-electron chi connectivity index (χ4n) is 6.03. The average Bonchev–Trinajstić information content (AvgIpc) is 3.30. The Morgan fingerprint density at radius 1 is 0.951 bits per heavy atom. The third-order valence-electron chi connectivity index (χ3n) is 7.95. The molecule has 4 aromatic rings. The number of aromatic nitrogens is 1. The number of rotatable bonds is 11. The molecule has 1 aromatic heterocycles. The van der Waals surface area contributed by atoms with E-state index in [4.69, 9.17) is 4.74 Å². The van der Waals surface area contributed by atoms with E-state index in [9.17, 15) is 13.6 Å². The van der Waals surface area contributed by atoms with Gasteiger partial charge in [-0.25, -0.2) is 8.78 Å². The zero-order valence-corrected chi connectivity index (χ0v) is 24.7. The Labute approximate surface area is 245 Å². The number of benzene rings is 3. The van der Waals surface area contributed by atoms with E-state index in [-0.39, 0.29) is 24.0 Å². The Hall–Kier alpha value is -3.16. The summed E-state index contributed by atoms with van der Waals surface area (Å²) < 4.78 is 35.0. The molecule has 1 aliphatic heterocycles. The predicted molar refractivity (Wildman–Crippen MR) is 163 cm³/mol. The number of likely N-dealkylation sites (tertiary alicyclic amines) is 1. The fraction of sp³-hybridized carbons (Fsp3) is 0.382. The summed E-state index contributed by atoms with van der Waals surface area (Å²) in [6, 6.07) is 19.9. The lowest BCUT2D eigenvalue weighted by molar-refractivity contribution is -0.142. The third-order valence-corrected chi connectivity index (χ3v) is 9.05. The Balaban J connectivity index is 1.29. The van der Waals surface area contributed by atoms with Gasteiger partial charge in [0.1, 0.15) is 11.6 Å². The summed E-state index contributed by atoms with van der Waals surface area (Å²) in [7, 11) is 0. The van der Waals surface area contributed by atoms with Crippen molar-refractivity contribution in [3.8, 4) is 5.69 Å². The number of hydrogen-bond acceptors (Lipinski definition) is 4. The van der Waals surface area contributed by atoms with Gasteiger partial charge < -0.3 is 14.2 Å². The van der Waals surface area contributed by atoms with Crippen molar-refractivity contribution in [1.82, 2.24) is 9.47 Å². The highest BCUT2D eigenvalue weighted by Gasteiger charge is 2.27. The van der Waals surface area contributed by atoms with Gasteiger partial charge in [0, 0.05) is 21.7 Å². The number of esters is 1. The van der Waals surface area contributed by atoms with Crippen molar-refractivity contribution in [2.75, 3.05) is 32.0 Å². The van der Waals surface area contributed by atoms with Gasteiger partial charge in [0.2, 0.25) is 0 Å². The molecular formula is C34H38F2N2O2S. The van der Waals surface area contributed by atoms with Crippen LogP contribution in [0.4, 0.5) is 8.78 Å². The van der Waals surface area contributed by atoms with E-state index >= 15 is 0 Å². The zero-order valence-electron chi connectivity index (χ0n) is 23.9. The second-order valence-electron chi connectivity index (χ2n) is 10.6. The van der Waals surface area contributed by atoms with Gasteiger partial charge >= 0.3 is 5.97 Å². The Bertz CT molecular complexity index is 1460. The minimum atomic E-state index is -0.238. The van der Waals surface area contributed by atoms with Crippen LogP contribution in [-0.2, 0) is 22.4 Å². The van der Waals surface area contributed by atoms with Crippen molar-refractivity contribution in [3.05, 3.63) is 95.2 Å². The van der Waals surface area contributed by atoms with Crippen molar-refractivity contribution < 1.29 is 18.3 Å².